The number of carbonyl (C=O) groups excluding carboxylic acids is 2. The average Bonchev–Trinajstić information content (AvgIpc) is 2.26. The van der Waals surface area contributed by atoms with E-state index in [0.717, 1.165) is 0 Å². The Kier molecular flexibility index (Phi) is 4.65. The number of nitriles is 1. The molecule has 2 amide bonds. The van der Waals surface area contributed by atoms with Crippen LogP contribution < -0.4 is 10.6 Å². The van der Waals surface area contributed by atoms with E-state index in [1.54, 1.807) is 24.3 Å². The number of carbonyl (C=O) groups is 2. The SMILES string of the molecule is CC(C)(C)NC(=O)CC(=O)Nc1cccc(C#N)c1. The second-order valence-electron chi connectivity index (χ2n) is 5.22. The van der Waals surface area contributed by atoms with Gasteiger partial charge in [-0.25, -0.2) is 0 Å². The summed E-state index contributed by atoms with van der Waals surface area (Å²) >= 11 is 0. The molecule has 0 fully saturated rings. The van der Waals surface area contributed by atoms with Crippen molar-refractivity contribution in [1.29, 1.82) is 5.26 Å². The minimum Gasteiger partial charge on any atom is -0.351 e. The Balaban J connectivity index is 2.56. The number of benzene rings is 1. The zero-order valence-electron chi connectivity index (χ0n) is 11.3. The predicted molar refractivity (Wildman–Crippen MR) is 72.3 cm³/mol. The van der Waals surface area contributed by atoms with Crippen molar-refractivity contribution in [2.45, 2.75) is 32.7 Å². The summed E-state index contributed by atoms with van der Waals surface area (Å²) in [6.07, 6.45) is -0.242. The number of hydrogen-bond donors (Lipinski definition) is 2. The van der Waals surface area contributed by atoms with Crippen LogP contribution in [0.1, 0.15) is 32.8 Å². The number of nitrogens with zero attached hydrogens (tertiary/aromatic N) is 1. The molecule has 0 heterocycles. The monoisotopic (exact) mass is 259 g/mol. The molecule has 1 aromatic carbocycles. The van der Waals surface area contributed by atoms with Crippen LogP contribution in [-0.2, 0) is 9.59 Å². The first-order valence-corrected chi connectivity index (χ1v) is 5.91. The average molecular weight is 259 g/mol. The summed E-state index contributed by atoms with van der Waals surface area (Å²) < 4.78 is 0. The molecule has 0 unspecified atom stereocenters. The lowest BCUT2D eigenvalue weighted by atomic mass is 10.1. The highest BCUT2D eigenvalue weighted by Crippen LogP contribution is 2.10. The normalized spacial score (nSPS) is 10.4. The van der Waals surface area contributed by atoms with Crippen molar-refractivity contribution in [3.8, 4) is 6.07 Å². The standard InChI is InChI=1S/C14H17N3O2/c1-14(2,3)17-13(19)8-12(18)16-11-6-4-5-10(7-11)9-15/h4-7H,8H2,1-3H3,(H,16,18)(H,17,19). The van der Waals surface area contributed by atoms with Gasteiger partial charge in [0.05, 0.1) is 11.6 Å². The van der Waals surface area contributed by atoms with E-state index in [1.165, 1.54) is 0 Å². The summed E-state index contributed by atoms with van der Waals surface area (Å²) in [6, 6.07) is 8.51. The zero-order chi connectivity index (χ0) is 14.5. The highest BCUT2D eigenvalue weighted by atomic mass is 16.2. The topological polar surface area (TPSA) is 82.0 Å². The molecular formula is C14H17N3O2. The lowest BCUT2D eigenvalue weighted by Gasteiger charge is -2.20. The van der Waals surface area contributed by atoms with Crippen molar-refractivity contribution < 1.29 is 9.59 Å². The molecule has 0 atom stereocenters. The van der Waals surface area contributed by atoms with Gasteiger partial charge in [-0.15, -0.1) is 0 Å². The second kappa shape index (κ2) is 6.01. The molecule has 0 aromatic heterocycles. The molecule has 0 aliphatic rings. The summed E-state index contributed by atoms with van der Waals surface area (Å²) in [5, 5.41) is 14.0. The van der Waals surface area contributed by atoms with Gasteiger partial charge in [0.2, 0.25) is 11.8 Å². The quantitative estimate of drug-likeness (QED) is 0.812. The Morgan fingerprint density at radius 2 is 1.95 bits per heavy atom. The van der Waals surface area contributed by atoms with E-state index in [9.17, 15) is 9.59 Å². The van der Waals surface area contributed by atoms with Crippen LogP contribution in [0.4, 0.5) is 5.69 Å². The number of rotatable bonds is 3. The number of hydrogen-bond acceptors (Lipinski definition) is 3. The van der Waals surface area contributed by atoms with Crippen LogP contribution in [0.2, 0.25) is 0 Å². The second-order valence-corrected chi connectivity index (χ2v) is 5.22. The van der Waals surface area contributed by atoms with Crippen LogP contribution in [0, 0.1) is 11.3 Å². The molecule has 0 radical (unpaired) electrons. The van der Waals surface area contributed by atoms with E-state index in [-0.39, 0.29) is 17.9 Å². The van der Waals surface area contributed by atoms with Gasteiger partial charge in [0.25, 0.3) is 0 Å². The largest absolute Gasteiger partial charge is 0.351 e. The maximum Gasteiger partial charge on any atom is 0.233 e. The van der Waals surface area contributed by atoms with Gasteiger partial charge in [-0.05, 0) is 39.0 Å². The number of amides is 2. The zero-order valence-corrected chi connectivity index (χ0v) is 11.3. The first kappa shape index (κ1) is 14.7. The van der Waals surface area contributed by atoms with Gasteiger partial charge in [0.1, 0.15) is 6.42 Å². The van der Waals surface area contributed by atoms with Crippen LogP contribution in [0.15, 0.2) is 24.3 Å². The summed E-state index contributed by atoms with van der Waals surface area (Å²) in [4.78, 5) is 23.2. The number of nitrogens with one attached hydrogen (secondary N) is 2. The molecule has 0 aliphatic heterocycles. The van der Waals surface area contributed by atoms with Crippen molar-refractivity contribution in [3.05, 3.63) is 29.8 Å². The molecule has 2 N–H and O–H groups in total. The molecule has 0 saturated carbocycles. The van der Waals surface area contributed by atoms with Gasteiger partial charge in [0.15, 0.2) is 0 Å². The van der Waals surface area contributed by atoms with Gasteiger partial charge in [-0.3, -0.25) is 9.59 Å². The molecule has 1 aromatic rings. The highest BCUT2D eigenvalue weighted by Gasteiger charge is 2.16. The third kappa shape index (κ3) is 5.68. The van der Waals surface area contributed by atoms with Crippen molar-refractivity contribution >= 4 is 17.5 Å². The highest BCUT2D eigenvalue weighted by molar-refractivity contribution is 6.03. The fourth-order valence-corrected chi connectivity index (χ4v) is 1.48. The Morgan fingerprint density at radius 3 is 2.53 bits per heavy atom. The minimum absolute atomic E-state index is 0.242. The minimum atomic E-state index is -0.406. The summed E-state index contributed by atoms with van der Waals surface area (Å²) in [6.45, 7) is 5.54. The van der Waals surface area contributed by atoms with Gasteiger partial charge in [-0.2, -0.15) is 5.26 Å². The van der Waals surface area contributed by atoms with E-state index in [4.69, 9.17) is 5.26 Å². The Bertz CT molecular complexity index is 524. The molecule has 0 saturated heterocycles. The van der Waals surface area contributed by atoms with Crippen LogP contribution >= 0.6 is 0 Å². The number of anilines is 1. The van der Waals surface area contributed by atoms with E-state index in [0.29, 0.717) is 11.3 Å². The Morgan fingerprint density at radius 1 is 1.26 bits per heavy atom. The van der Waals surface area contributed by atoms with E-state index >= 15 is 0 Å². The van der Waals surface area contributed by atoms with E-state index < -0.39 is 5.91 Å². The van der Waals surface area contributed by atoms with Crippen molar-refractivity contribution in [2.75, 3.05) is 5.32 Å². The van der Waals surface area contributed by atoms with Crippen LogP contribution in [0.25, 0.3) is 0 Å². The third-order valence-corrected chi connectivity index (χ3v) is 2.11. The van der Waals surface area contributed by atoms with Gasteiger partial charge < -0.3 is 10.6 Å². The molecule has 100 valence electrons. The maximum absolute atomic E-state index is 11.7. The van der Waals surface area contributed by atoms with E-state index in [2.05, 4.69) is 10.6 Å². The van der Waals surface area contributed by atoms with E-state index in [1.807, 2.05) is 26.8 Å². The third-order valence-electron chi connectivity index (χ3n) is 2.11. The Hall–Kier alpha value is -2.35. The maximum atomic E-state index is 11.7. The summed E-state index contributed by atoms with van der Waals surface area (Å²) in [5.74, 6) is -0.738. The predicted octanol–water partition coefficient (Wildman–Crippen LogP) is 1.80. The lowest BCUT2D eigenvalue weighted by molar-refractivity contribution is -0.127. The van der Waals surface area contributed by atoms with Crippen molar-refractivity contribution in [1.82, 2.24) is 5.32 Å². The molecule has 19 heavy (non-hydrogen) atoms. The van der Waals surface area contributed by atoms with Gasteiger partial charge in [-0.1, -0.05) is 6.07 Å². The van der Waals surface area contributed by atoms with Crippen molar-refractivity contribution in [3.63, 3.8) is 0 Å². The molecule has 0 spiro atoms. The summed E-state index contributed by atoms with van der Waals surface area (Å²) in [5.41, 5.74) is 0.600. The smallest absolute Gasteiger partial charge is 0.233 e. The molecule has 5 heteroatoms. The van der Waals surface area contributed by atoms with Crippen LogP contribution in [-0.4, -0.2) is 17.4 Å². The van der Waals surface area contributed by atoms with Gasteiger partial charge in [0, 0.05) is 11.2 Å². The first-order chi connectivity index (χ1) is 8.80. The lowest BCUT2D eigenvalue weighted by Crippen LogP contribution is -2.41. The molecule has 1 rings (SSSR count). The summed E-state index contributed by atoms with van der Waals surface area (Å²) in [7, 11) is 0. The van der Waals surface area contributed by atoms with Crippen molar-refractivity contribution in [2.24, 2.45) is 0 Å². The van der Waals surface area contributed by atoms with Gasteiger partial charge >= 0.3 is 0 Å². The Labute approximate surface area is 112 Å². The fourth-order valence-electron chi connectivity index (χ4n) is 1.48. The van der Waals surface area contributed by atoms with Crippen LogP contribution in [0.5, 0.6) is 0 Å². The molecular weight excluding hydrogens is 242 g/mol. The molecule has 0 aliphatic carbocycles. The first-order valence-electron chi connectivity index (χ1n) is 5.91. The van der Waals surface area contributed by atoms with Crippen LogP contribution in [0.3, 0.4) is 0 Å². The fraction of sp³-hybridized carbons (Fsp3) is 0.357. The molecule has 0 bridgehead atoms. The molecule has 5 nitrogen and oxygen atoms in total.